The molecule has 0 radical (unpaired) electrons. The molecule has 0 fully saturated rings. The highest BCUT2D eigenvalue weighted by Crippen LogP contribution is 2.16. The molecule has 0 saturated carbocycles. The van der Waals surface area contributed by atoms with Gasteiger partial charge in [0.15, 0.2) is 0 Å². The molecule has 20 heavy (non-hydrogen) atoms. The van der Waals surface area contributed by atoms with Crippen molar-refractivity contribution in [2.45, 2.75) is 13.0 Å². The fourth-order valence-corrected chi connectivity index (χ4v) is 3.46. The average Bonchev–Trinajstić information content (AvgIpc) is 2.84. The summed E-state index contributed by atoms with van der Waals surface area (Å²) < 4.78 is 30.2. The number of thiophene rings is 1. The summed E-state index contributed by atoms with van der Waals surface area (Å²) in [5.41, 5.74) is 0.898. The molecule has 5 nitrogen and oxygen atoms in total. The van der Waals surface area contributed by atoms with Crippen LogP contribution in [0.15, 0.2) is 11.4 Å². The van der Waals surface area contributed by atoms with Crippen LogP contribution in [0.5, 0.6) is 0 Å². The minimum Gasteiger partial charge on any atom is -0.385 e. The molecule has 0 atom stereocenters. The SMILES string of the molecule is COCCCS(=O)(=O)N(C)Cc1csc(C#CCO)c1. The van der Waals surface area contributed by atoms with E-state index in [2.05, 4.69) is 11.8 Å². The van der Waals surface area contributed by atoms with Crippen LogP contribution >= 0.6 is 11.3 Å². The summed E-state index contributed by atoms with van der Waals surface area (Å²) in [4.78, 5) is 0.819. The zero-order valence-corrected chi connectivity index (χ0v) is 13.3. The maximum Gasteiger partial charge on any atom is 0.214 e. The standard InChI is InChI=1S/C13H19NO4S2/c1-14(20(16,17)8-4-7-18-2)10-12-9-13(19-11-12)5-3-6-15/h9,11,15H,4,6-8,10H2,1-2H3. The van der Waals surface area contributed by atoms with Crippen LogP contribution in [0.4, 0.5) is 0 Å². The van der Waals surface area contributed by atoms with E-state index < -0.39 is 10.0 Å². The van der Waals surface area contributed by atoms with Gasteiger partial charge >= 0.3 is 0 Å². The van der Waals surface area contributed by atoms with Crippen LogP contribution in [0, 0.1) is 11.8 Å². The van der Waals surface area contributed by atoms with Gasteiger partial charge in [-0.25, -0.2) is 12.7 Å². The van der Waals surface area contributed by atoms with Crippen LogP contribution < -0.4 is 0 Å². The van der Waals surface area contributed by atoms with Crippen molar-refractivity contribution in [3.8, 4) is 11.8 Å². The normalized spacial score (nSPS) is 11.4. The van der Waals surface area contributed by atoms with Gasteiger partial charge in [0.1, 0.15) is 6.61 Å². The molecule has 112 valence electrons. The zero-order chi connectivity index (χ0) is 15.0. The predicted molar refractivity (Wildman–Crippen MR) is 80.0 cm³/mol. The Labute approximate surface area is 124 Å². The third kappa shape index (κ3) is 5.61. The summed E-state index contributed by atoms with van der Waals surface area (Å²) in [6.07, 6.45) is 0.486. The maximum atomic E-state index is 12.0. The van der Waals surface area contributed by atoms with E-state index in [1.54, 1.807) is 14.2 Å². The number of rotatable bonds is 7. The van der Waals surface area contributed by atoms with E-state index in [1.807, 2.05) is 11.4 Å². The van der Waals surface area contributed by atoms with Crippen molar-refractivity contribution in [1.82, 2.24) is 4.31 Å². The Kier molecular flexibility index (Phi) is 7.19. The second-order valence-corrected chi connectivity index (χ2v) is 7.30. The number of aliphatic hydroxyl groups is 1. The van der Waals surface area contributed by atoms with E-state index in [0.29, 0.717) is 19.6 Å². The second kappa shape index (κ2) is 8.39. The first-order chi connectivity index (χ1) is 9.49. The summed E-state index contributed by atoms with van der Waals surface area (Å²) in [7, 11) is -0.136. The van der Waals surface area contributed by atoms with Crippen molar-refractivity contribution in [2.24, 2.45) is 0 Å². The number of hydrogen-bond donors (Lipinski definition) is 1. The predicted octanol–water partition coefficient (Wildman–Crippen LogP) is 0.890. The molecular weight excluding hydrogens is 298 g/mol. The van der Waals surface area contributed by atoms with Gasteiger partial charge < -0.3 is 9.84 Å². The third-order valence-corrected chi connectivity index (χ3v) is 5.35. The summed E-state index contributed by atoms with van der Waals surface area (Å²) in [5, 5.41) is 10.5. The number of aliphatic hydroxyl groups excluding tert-OH is 1. The number of methoxy groups -OCH3 is 1. The third-order valence-electron chi connectivity index (χ3n) is 2.58. The molecule has 1 heterocycles. The number of sulfonamides is 1. The molecular formula is C13H19NO4S2. The quantitative estimate of drug-likeness (QED) is 0.599. The Balaban J connectivity index is 2.60. The topological polar surface area (TPSA) is 66.8 Å². The summed E-state index contributed by atoms with van der Waals surface area (Å²) >= 11 is 1.44. The smallest absolute Gasteiger partial charge is 0.214 e. The maximum absolute atomic E-state index is 12.0. The molecule has 1 N–H and O–H groups in total. The van der Waals surface area contributed by atoms with Crippen molar-refractivity contribution in [1.29, 1.82) is 0 Å². The van der Waals surface area contributed by atoms with E-state index in [0.717, 1.165) is 10.4 Å². The molecule has 0 aromatic carbocycles. The van der Waals surface area contributed by atoms with Crippen LogP contribution in [0.1, 0.15) is 16.9 Å². The Morgan fingerprint density at radius 3 is 2.90 bits per heavy atom. The fraction of sp³-hybridized carbons (Fsp3) is 0.538. The van der Waals surface area contributed by atoms with Crippen LogP contribution in [-0.2, 0) is 21.3 Å². The molecule has 1 aromatic rings. The van der Waals surface area contributed by atoms with Gasteiger partial charge in [-0.3, -0.25) is 0 Å². The van der Waals surface area contributed by atoms with Gasteiger partial charge in [-0.05, 0) is 23.4 Å². The van der Waals surface area contributed by atoms with Crippen molar-refractivity contribution in [3.63, 3.8) is 0 Å². The molecule has 0 aliphatic heterocycles. The highest BCUT2D eigenvalue weighted by atomic mass is 32.2. The Morgan fingerprint density at radius 2 is 2.25 bits per heavy atom. The second-order valence-electron chi connectivity index (χ2n) is 4.20. The van der Waals surface area contributed by atoms with Crippen molar-refractivity contribution in [3.05, 3.63) is 21.9 Å². The molecule has 1 aromatic heterocycles. The van der Waals surface area contributed by atoms with Crippen LogP contribution in [-0.4, -0.2) is 51.0 Å². The van der Waals surface area contributed by atoms with Crippen LogP contribution in [0.25, 0.3) is 0 Å². The highest BCUT2D eigenvalue weighted by molar-refractivity contribution is 7.89. The number of hydrogen-bond acceptors (Lipinski definition) is 5. The lowest BCUT2D eigenvalue weighted by molar-refractivity contribution is 0.199. The molecule has 0 amide bonds. The van der Waals surface area contributed by atoms with Crippen LogP contribution in [0.3, 0.4) is 0 Å². The van der Waals surface area contributed by atoms with E-state index in [4.69, 9.17) is 9.84 Å². The Morgan fingerprint density at radius 1 is 1.50 bits per heavy atom. The molecule has 0 unspecified atom stereocenters. The average molecular weight is 317 g/mol. The van der Waals surface area contributed by atoms with Crippen molar-refractivity contribution >= 4 is 21.4 Å². The lowest BCUT2D eigenvalue weighted by Crippen LogP contribution is -2.29. The van der Waals surface area contributed by atoms with E-state index in [9.17, 15) is 8.42 Å². The molecule has 7 heteroatoms. The first-order valence-electron chi connectivity index (χ1n) is 6.09. The molecule has 0 aliphatic rings. The van der Waals surface area contributed by atoms with Gasteiger partial charge in [-0.15, -0.1) is 11.3 Å². The van der Waals surface area contributed by atoms with Gasteiger partial charge in [-0.1, -0.05) is 11.8 Å². The number of nitrogens with zero attached hydrogens (tertiary/aromatic N) is 1. The minimum absolute atomic E-state index is 0.0820. The van der Waals surface area contributed by atoms with Gasteiger partial charge in [0, 0.05) is 27.3 Å². The Hall–Kier alpha value is -0.910. The fourth-order valence-electron chi connectivity index (χ4n) is 1.55. The number of ether oxygens (including phenoxy) is 1. The lowest BCUT2D eigenvalue weighted by atomic mass is 10.3. The lowest BCUT2D eigenvalue weighted by Gasteiger charge is -2.16. The summed E-state index contributed by atoms with van der Waals surface area (Å²) in [5.74, 6) is 5.45. The monoisotopic (exact) mass is 317 g/mol. The van der Waals surface area contributed by atoms with Gasteiger partial charge in [0.25, 0.3) is 0 Å². The molecule has 0 bridgehead atoms. The zero-order valence-electron chi connectivity index (χ0n) is 11.6. The Bertz CT molecular complexity index is 569. The molecule has 0 spiro atoms. The van der Waals surface area contributed by atoms with Crippen LogP contribution in [0.2, 0.25) is 0 Å². The first-order valence-corrected chi connectivity index (χ1v) is 8.58. The molecule has 1 rings (SSSR count). The van der Waals surface area contributed by atoms with Gasteiger partial charge in [-0.2, -0.15) is 0 Å². The van der Waals surface area contributed by atoms with Crippen molar-refractivity contribution < 1.29 is 18.3 Å². The largest absolute Gasteiger partial charge is 0.385 e. The molecule has 0 aliphatic carbocycles. The van der Waals surface area contributed by atoms with E-state index in [1.165, 1.54) is 15.6 Å². The minimum atomic E-state index is -3.26. The highest BCUT2D eigenvalue weighted by Gasteiger charge is 2.17. The van der Waals surface area contributed by atoms with Crippen molar-refractivity contribution in [2.75, 3.05) is 33.1 Å². The summed E-state index contributed by atoms with van der Waals surface area (Å²) in [6.45, 7) is 0.583. The van der Waals surface area contributed by atoms with Gasteiger partial charge in [0.2, 0.25) is 10.0 Å². The van der Waals surface area contributed by atoms with E-state index in [-0.39, 0.29) is 12.4 Å². The van der Waals surface area contributed by atoms with Gasteiger partial charge in [0.05, 0.1) is 10.6 Å². The first kappa shape index (κ1) is 17.1. The summed E-state index contributed by atoms with van der Waals surface area (Å²) in [6, 6.07) is 1.84. The van der Waals surface area contributed by atoms with E-state index >= 15 is 0 Å². The molecule has 0 saturated heterocycles.